The lowest BCUT2D eigenvalue weighted by atomic mass is 10.2. The van der Waals surface area contributed by atoms with Crippen LogP contribution in [0.2, 0.25) is 5.02 Å². The number of benzene rings is 1. The van der Waals surface area contributed by atoms with Crippen LogP contribution < -0.4 is 0 Å². The molecule has 1 aromatic heterocycles. The number of nitrogens with zero attached hydrogens (tertiary/aromatic N) is 2. The van der Waals surface area contributed by atoms with Crippen LogP contribution in [0.25, 0.3) is 11.5 Å². The fourth-order valence-electron chi connectivity index (χ4n) is 1.54. The first-order valence-corrected chi connectivity index (χ1v) is 5.44. The molecule has 2 aromatic rings. The first-order valence-electron chi connectivity index (χ1n) is 5.06. The number of aromatic nitrogens is 2. The zero-order valence-electron chi connectivity index (χ0n) is 8.35. The maximum atomic E-state index is 9.70. The monoisotopic (exact) mass is 236 g/mol. The van der Waals surface area contributed by atoms with Gasteiger partial charge < -0.3 is 9.63 Å². The molecule has 1 aromatic carbocycles. The van der Waals surface area contributed by atoms with Gasteiger partial charge in [-0.2, -0.15) is 4.98 Å². The summed E-state index contributed by atoms with van der Waals surface area (Å²) < 4.78 is 5.11. The van der Waals surface area contributed by atoms with Gasteiger partial charge in [0.2, 0.25) is 0 Å². The highest BCUT2D eigenvalue weighted by Gasteiger charge is 2.29. The van der Waals surface area contributed by atoms with Crippen LogP contribution in [0.4, 0.5) is 0 Å². The molecule has 0 amide bonds. The van der Waals surface area contributed by atoms with E-state index in [1.807, 2.05) is 0 Å². The Hall–Kier alpha value is -1.55. The minimum Gasteiger partial charge on any atom is -0.507 e. The molecule has 4 nitrogen and oxygen atoms in total. The molecular formula is C11H9ClN2O2. The molecule has 0 saturated heterocycles. The van der Waals surface area contributed by atoms with Crippen molar-refractivity contribution in [3.05, 3.63) is 29.0 Å². The third kappa shape index (κ3) is 1.65. The van der Waals surface area contributed by atoms with Crippen LogP contribution in [0.1, 0.15) is 24.6 Å². The lowest BCUT2D eigenvalue weighted by Gasteiger charge is -1.98. The topological polar surface area (TPSA) is 59.2 Å². The van der Waals surface area contributed by atoms with Gasteiger partial charge in [-0.15, -0.1) is 0 Å². The summed E-state index contributed by atoms with van der Waals surface area (Å²) in [6.45, 7) is 0. The van der Waals surface area contributed by atoms with Crippen molar-refractivity contribution in [2.45, 2.75) is 18.8 Å². The Morgan fingerprint density at radius 1 is 1.38 bits per heavy atom. The molecule has 1 saturated carbocycles. The molecule has 82 valence electrons. The van der Waals surface area contributed by atoms with E-state index in [1.54, 1.807) is 12.1 Å². The molecule has 0 atom stereocenters. The molecule has 1 aliphatic rings. The van der Waals surface area contributed by atoms with E-state index in [-0.39, 0.29) is 5.75 Å². The lowest BCUT2D eigenvalue weighted by Crippen LogP contribution is -1.82. The fraction of sp³-hybridized carbons (Fsp3) is 0.273. The van der Waals surface area contributed by atoms with E-state index in [0.29, 0.717) is 22.4 Å². The van der Waals surface area contributed by atoms with Crippen LogP contribution in [0, 0.1) is 0 Å². The van der Waals surface area contributed by atoms with Crippen LogP contribution in [0.3, 0.4) is 0 Å². The second-order valence-corrected chi connectivity index (χ2v) is 4.33. The second kappa shape index (κ2) is 3.49. The highest BCUT2D eigenvalue weighted by molar-refractivity contribution is 6.30. The molecule has 0 spiro atoms. The second-order valence-electron chi connectivity index (χ2n) is 3.89. The first kappa shape index (κ1) is 9.66. The van der Waals surface area contributed by atoms with E-state index >= 15 is 0 Å². The molecular weight excluding hydrogens is 228 g/mol. The van der Waals surface area contributed by atoms with Gasteiger partial charge in [0.05, 0.1) is 5.56 Å². The molecule has 0 bridgehead atoms. The van der Waals surface area contributed by atoms with Crippen molar-refractivity contribution in [3.8, 4) is 17.2 Å². The van der Waals surface area contributed by atoms with Crippen LogP contribution in [-0.2, 0) is 0 Å². The predicted octanol–water partition coefficient (Wildman–Crippen LogP) is 2.97. The number of hydrogen-bond acceptors (Lipinski definition) is 4. The van der Waals surface area contributed by atoms with Crippen molar-refractivity contribution >= 4 is 11.6 Å². The smallest absolute Gasteiger partial charge is 0.261 e. The SMILES string of the molecule is Oc1cc(Cl)ccc1-c1nc(C2CC2)no1. The average Bonchev–Trinajstić information content (AvgIpc) is 2.98. The van der Waals surface area contributed by atoms with Gasteiger partial charge in [-0.3, -0.25) is 0 Å². The maximum absolute atomic E-state index is 9.70. The summed E-state index contributed by atoms with van der Waals surface area (Å²) in [4.78, 5) is 4.25. The summed E-state index contributed by atoms with van der Waals surface area (Å²) in [7, 11) is 0. The number of phenols is 1. The van der Waals surface area contributed by atoms with Crippen molar-refractivity contribution in [1.29, 1.82) is 0 Å². The Morgan fingerprint density at radius 3 is 2.88 bits per heavy atom. The Morgan fingerprint density at radius 2 is 2.19 bits per heavy atom. The molecule has 0 radical (unpaired) electrons. The standard InChI is InChI=1S/C11H9ClN2O2/c12-7-3-4-8(9(15)5-7)11-13-10(14-16-11)6-1-2-6/h3-6,15H,1-2H2. The van der Waals surface area contributed by atoms with Gasteiger partial charge in [-0.05, 0) is 31.0 Å². The van der Waals surface area contributed by atoms with Crippen LogP contribution in [-0.4, -0.2) is 15.2 Å². The minimum atomic E-state index is 0.0542. The van der Waals surface area contributed by atoms with Gasteiger partial charge in [-0.25, -0.2) is 0 Å². The van der Waals surface area contributed by atoms with Crippen molar-refractivity contribution < 1.29 is 9.63 Å². The molecule has 3 rings (SSSR count). The fourth-order valence-corrected chi connectivity index (χ4v) is 1.70. The summed E-state index contributed by atoms with van der Waals surface area (Å²) in [5, 5.41) is 14.1. The summed E-state index contributed by atoms with van der Waals surface area (Å²) in [6.07, 6.45) is 2.23. The molecule has 5 heteroatoms. The quantitative estimate of drug-likeness (QED) is 0.871. The highest BCUT2D eigenvalue weighted by Crippen LogP contribution is 2.39. The van der Waals surface area contributed by atoms with Crippen molar-refractivity contribution in [2.24, 2.45) is 0 Å². The molecule has 0 aliphatic heterocycles. The summed E-state index contributed by atoms with van der Waals surface area (Å²) in [6, 6.07) is 4.80. The molecule has 0 unspecified atom stereocenters. The van der Waals surface area contributed by atoms with Crippen molar-refractivity contribution in [1.82, 2.24) is 10.1 Å². The highest BCUT2D eigenvalue weighted by atomic mass is 35.5. The number of halogens is 1. The van der Waals surface area contributed by atoms with Gasteiger partial charge in [-0.1, -0.05) is 16.8 Å². The van der Waals surface area contributed by atoms with Gasteiger partial charge in [0.1, 0.15) is 5.75 Å². The summed E-state index contributed by atoms with van der Waals surface area (Å²) >= 11 is 5.74. The molecule has 1 fully saturated rings. The zero-order chi connectivity index (χ0) is 11.1. The minimum absolute atomic E-state index is 0.0542. The number of aromatic hydroxyl groups is 1. The van der Waals surface area contributed by atoms with E-state index in [0.717, 1.165) is 18.7 Å². The van der Waals surface area contributed by atoms with Gasteiger partial charge in [0.25, 0.3) is 5.89 Å². The van der Waals surface area contributed by atoms with Crippen molar-refractivity contribution in [3.63, 3.8) is 0 Å². The van der Waals surface area contributed by atoms with Gasteiger partial charge >= 0.3 is 0 Å². The van der Waals surface area contributed by atoms with Crippen LogP contribution in [0.15, 0.2) is 22.7 Å². The first-order chi connectivity index (χ1) is 7.74. The van der Waals surface area contributed by atoms with Crippen molar-refractivity contribution in [2.75, 3.05) is 0 Å². The Bertz CT molecular complexity index is 535. The molecule has 16 heavy (non-hydrogen) atoms. The Balaban J connectivity index is 2.00. The number of phenolic OH excluding ortho intramolecular Hbond substituents is 1. The maximum Gasteiger partial charge on any atom is 0.261 e. The molecule has 1 N–H and O–H groups in total. The van der Waals surface area contributed by atoms with E-state index in [1.165, 1.54) is 6.07 Å². The zero-order valence-corrected chi connectivity index (χ0v) is 9.11. The normalized spacial score (nSPS) is 15.3. The van der Waals surface area contributed by atoms with E-state index in [2.05, 4.69) is 10.1 Å². The van der Waals surface area contributed by atoms with Gasteiger partial charge in [0.15, 0.2) is 5.82 Å². The van der Waals surface area contributed by atoms with Crippen LogP contribution in [0.5, 0.6) is 5.75 Å². The average molecular weight is 237 g/mol. The Kier molecular flexibility index (Phi) is 2.11. The molecule has 1 aliphatic carbocycles. The van der Waals surface area contributed by atoms with Crippen LogP contribution >= 0.6 is 11.6 Å². The van der Waals surface area contributed by atoms with E-state index in [9.17, 15) is 5.11 Å². The lowest BCUT2D eigenvalue weighted by molar-refractivity contribution is 0.417. The predicted molar refractivity (Wildman–Crippen MR) is 58.4 cm³/mol. The summed E-state index contributed by atoms with van der Waals surface area (Å²) in [5.41, 5.74) is 0.517. The van der Waals surface area contributed by atoms with E-state index < -0.39 is 0 Å². The van der Waals surface area contributed by atoms with Gasteiger partial charge in [0, 0.05) is 10.9 Å². The Labute approximate surface area is 96.9 Å². The van der Waals surface area contributed by atoms with E-state index in [4.69, 9.17) is 16.1 Å². The molecule has 1 heterocycles. The third-order valence-electron chi connectivity index (χ3n) is 2.57. The largest absolute Gasteiger partial charge is 0.507 e. The number of hydrogen-bond donors (Lipinski definition) is 1. The number of rotatable bonds is 2. The third-order valence-corrected chi connectivity index (χ3v) is 2.81. The summed E-state index contributed by atoms with van der Waals surface area (Å²) in [5.74, 6) is 1.56.